The van der Waals surface area contributed by atoms with Crippen LogP contribution in [0.2, 0.25) is 0 Å². The zero-order chi connectivity index (χ0) is 20.8. The molecule has 4 rings (SSSR count). The number of anilines is 2. The number of nitrogens with zero attached hydrogens (tertiary/aromatic N) is 4. The van der Waals surface area contributed by atoms with Gasteiger partial charge >= 0.3 is 0 Å². The molecular weight excluding hydrogens is 453 g/mol. The SMILES string of the molecule is CC(C)c1nc2c(s1)Nc1ccccc1N=C2N1CCN(C)C(CC(C)(C)O)C1.Cl.Cl. The molecule has 1 saturated heterocycles. The topological polar surface area (TPSA) is 64.0 Å². The van der Waals surface area contributed by atoms with Gasteiger partial charge in [-0.1, -0.05) is 26.0 Å². The fourth-order valence-corrected chi connectivity index (χ4v) is 4.92. The zero-order valence-corrected chi connectivity index (χ0v) is 21.2. The predicted octanol–water partition coefficient (Wildman–Crippen LogP) is 5.02. The summed E-state index contributed by atoms with van der Waals surface area (Å²) < 4.78 is 0. The van der Waals surface area contributed by atoms with Gasteiger partial charge in [0.05, 0.1) is 22.0 Å². The van der Waals surface area contributed by atoms with Gasteiger partial charge in [0.1, 0.15) is 10.7 Å². The first-order chi connectivity index (χ1) is 13.7. The van der Waals surface area contributed by atoms with E-state index in [0.717, 1.165) is 59.0 Å². The number of amidine groups is 1. The Labute approximate surface area is 201 Å². The first-order valence-corrected chi connectivity index (χ1v) is 11.2. The summed E-state index contributed by atoms with van der Waals surface area (Å²) in [4.78, 5) is 14.8. The van der Waals surface area contributed by atoms with Crippen molar-refractivity contribution in [1.29, 1.82) is 0 Å². The first-order valence-electron chi connectivity index (χ1n) is 10.3. The van der Waals surface area contributed by atoms with Gasteiger partial charge in [0.15, 0.2) is 5.84 Å². The fraction of sp³-hybridized carbons (Fsp3) is 0.545. The quantitative estimate of drug-likeness (QED) is 0.638. The Morgan fingerprint density at radius 2 is 1.94 bits per heavy atom. The molecule has 1 unspecified atom stereocenters. The van der Waals surface area contributed by atoms with E-state index >= 15 is 0 Å². The molecule has 2 aliphatic heterocycles. The van der Waals surface area contributed by atoms with Crippen LogP contribution in [0.25, 0.3) is 0 Å². The minimum atomic E-state index is -0.696. The maximum atomic E-state index is 10.4. The van der Waals surface area contributed by atoms with E-state index in [1.165, 1.54) is 0 Å². The predicted molar refractivity (Wildman–Crippen MR) is 136 cm³/mol. The molecule has 0 spiro atoms. The number of piperazine rings is 1. The number of para-hydroxylation sites is 2. The summed E-state index contributed by atoms with van der Waals surface area (Å²) in [6.07, 6.45) is 0.725. The van der Waals surface area contributed by atoms with Crippen molar-refractivity contribution in [2.75, 3.05) is 32.0 Å². The van der Waals surface area contributed by atoms with Gasteiger partial charge in [-0.05, 0) is 39.4 Å². The maximum absolute atomic E-state index is 10.4. The van der Waals surface area contributed by atoms with Crippen LogP contribution in [-0.2, 0) is 0 Å². The Balaban J connectivity index is 0.00000171. The number of nitrogens with one attached hydrogen (secondary N) is 1. The van der Waals surface area contributed by atoms with Gasteiger partial charge < -0.3 is 15.3 Å². The van der Waals surface area contributed by atoms with Crippen molar-refractivity contribution >= 4 is 58.4 Å². The van der Waals surface area contributed by atoms with Crippen molar-refractivity contribution in [3.63, 3.8) is 0 Å². The molecule has 2 aromatic rings. The zero-order valence-electron chi connectivity index (χ0n) is 18.8. The molecule has 172 valence electrons. The number of hydrogen-bond donors (Lipinski definition) is 2. The molecule has 2 N–H and O–H groups in total. The Kier molecular flexibility index (Phi) is 8.39. The molecule has 0 amide bonds. The fourth-order valence-electron chi connectivity index (χ4n) is 3.94. The van der Waals surface area contributed by atoms with E-state index in [0.29, 0.717) is 5.92 Å². The maximum Gasteiger partial charge on any atom is 0.158 e. The molecule has 2 aliphatic rings. The van der Waals surface area contributed by atoms with Crippen molar-refractivity contribution in [3.8, 4) is 0 Å². The van der Waals surface area contributed by atoms with Crippen LogP contribution >= 0.6 is 36.2 Å². The van der Waals surface area contributed by atoms with Crippen LogP contribution in [0.5, 0.6) is 0 Å². The third kappa shape index (κ3) is 5.71. The van der Waals surface area contributed by atoms with Crippen LogP contribution in [0.4, 0.5) is 16.4 Å². The van der Waals surface area contributed by atoms with Gasteiger partial charge in [-0.2, -0.15) is 0 Å². The van der Waals surface area contributed by atoms with E-state index < -0.39 is 5.60 Å². The Bertz CT molecular complexity index is 925. The summed E-state index contributed by atoms with van der Waals surface area (Å²) in [5.41, 5.74) is 2.21. The van der Waals surface area contributed by atoms with Crippen LogP contribution in [0.15, 0.2) is 29.3 Å². The summed E-state index contributed by atoms with van der Waals surface area (Å²) in [6, 6.07) is 8.44. The van der Waals surface area contributed by atoms with Gasteiger partial charge in [0, 0.05) is 31.6 Å². The van der Waals surface area contributed by atoms with Gasteiger partial charge in [0.25, 0.3) is 0 Å². The van der Waals surface area contributed by atoms with Gasteiger partial charge in [0.2, 0.25) is 0 Å². The number of rotatable bonds is 3. The number of fused-ring (bicyclic) bond motifs is 2. The molecule has 0 bridgehead atoms. The summed E-state index contributed by atoms with van der Waals surface area (Å²) in [7, 11) is 2.14. The van der Waals surface area contributed by atoms with Crippen LogP contribution in [0.3, 0.4) is 0 Å². The van der Waals surface area contributed by atoms with Crippen LogP contribution in [0, 0.1) is 0 Å². The van der Waals surface area contributed by atoms with Crippen LogP contribution in [-0.4, -0.2) is 64.1 Å². The van der Waals surface area contributed by atoms with E-state index in [1.54, 1.807) is 11.3 Å². The standard InChI is InChI=1S/C22H31N5OS.2ClH/c1-14(2)20-25-18-19(23-16-8-6-7-9-17(16)24-21(18)29-20)27-11-10-26(5)15(13-27)12-22(3,4)28;;/h6-9,14-15,24,28H,10-13H2,1-5H3;2*1H. The molecule has 1 aromatic carbocycles. The second-order valence-corrected chi connectivity index (χ2v) is 10.1. The Hall–Kier alpha value is -1.38. The third-order valence-corrected chi connectivity index (χ3v) is 6.81. The first kappa shape index (κ1) is 25.9. The highest BCUT2D eigenvalue weighted by Crippen LogP contribution is 2.39. The van der Waals surface area contributed by atoms with Gasteiger partial charge in [-0.3, -0.25) is 4.90 Å². The number of aliphatic imine (C=N–C) groups is 1. The Morgan fingerprint density at radius 1 is 1.23 bits per heavy atom. The van der Waals surface area contributed by atoms with Crippen LogP contribution < -0.4 is 5.32 Å². The summed E-state index contributed by atoms with van der Waals surface area (Å²) in [6.45, 7) is 10.8. The monoisotopic (exact) mass is 485 g/mol. The minimum Gasteiger partial charge on any atom is -0.390 e. The number of thiazole rings is 1. The average molecular weight is 487 g/mol. The average Bonchev–Trinajstić information content (AvgIpc) is 2.99. The van der Waals surface area contributed by atoms with Crippen molar-refractivity contribution in [3.05, 3.63) is 35.0 Å². The molecular formula is C22H33Cl2N5OS. The molecule has 0 aliphatic carbocycles. The number of aliphatic hydroxyl groups is 1. The van der Waals surface area contributed by atoms with Crippen LogP contribution in [0.1, 0.15) is 50.7 Å². The largest absolute Gasteiger partial charge is 0.390 e. The van der Waals surface area contributed by atoms with Gasteiger partial charge in [-0.15, -0.1) is 36.2 Å². The van der Waals surface area contributed by atoms with E-state index in [2.05, 4.69) is 42.1 Å². The third-order valence-electron chi connectivity index (χ3n) is 5.54. The molecule has 9 heteroatoms. The molecule has 0 radical (unpaired) electrons. The molecule has 6 nitrogen and oxygen atoms in total. The lowest BCUT2D eigenvalue weighted by atomic mass is 9.96. The van der Waals surface area contributed by atoms with Crippen molar-refractivity contribution < 1.29 is 5.11 Å². The highest BCUT2D eigenvalue weighted by Gasteiger charge is 2.33. The van der Waals surface area contributed by atoms with Crippen molar-refractivity contribution in [2.24, 2.45) is 4.99 Å². The number of benzene rings is 1. The van der Waals surface area contributed by atoms with Gasteiger partial charge in [-0.25, -0.2) is 9.98 Å². The van der Waals surface area contributed by atoms with E-state index in [-0.39, 0.29) is 30.9 Å². The number of halogens is 2. The highest BCUT2D eigenvalue weighted by molar-refractivity contribution is 7.16. The lowest BCUT2D eigenvalue weighted by Crippen LogP contribution is -2.55. The molecule has 1 aromatic heterocycles. The van der Waals surface area contributed by atoms with E-state index in [1.807, 2.05) is 32.0 Å². The number of hydrogen-bond acceptors (Lipinski definition) is 7. The lowest BCUT2D eigenvalue weighted by molar-refractivity contribution is 0.0218. The van der Waals surface area contributed by atoms with Crippen molar-refractivity contribution in [1.82, 2.24) is 14.8 Å². The molecule has 1 fully saturated rings. The number of aromatic nitrogens is 1. The normalized spacial score (nSPS) is 18.7. The van der Waals surface area contributed by atoms with Crippen molar-refractivity contribution in [2.45, 2.75) is 51.7 Å². The summed E-state index contributed by atoms with van der Waals surface area (Å²) >= 11 is 1.72. The lowest BCUT2D eigenvalue weighted by Gasteiger charge is -2.42. The molecule has 31 heavy (non-hydrogen) atoms. The second kappa shape index (κ2) is 10.0. The molecule has 1 atom stereocenters. The molecule has 3 heterocycles. The Morgan fingerprint density at radius 3 is 2.61 bits per heavy atom. The highest BCUT2D eigenvalue weighted by atomic mass is 35.5. The van der Waals surface area contributed by atoms with E-state index in [4.69, 9.17) is 9.98 Å². The summed E-state index contributed by atoms with van der Waals surface area (Å²) in [5, 5.41) is 16.1. The second-order valence-electron chi connectivity index (χ2n) is 9.06. The number of likely N-dealkylation sites (N-methyl/N-ethyl adjacent to an activating group) is 1. The minimum absolute atomic E-state index is 0. The molecule has 0 saturated carbocycles. The smallest absolute Gasteiger partial charge is 0.158 e. The van der Waals surface area contributed by atoms with E-state index in [9.17, 15) is 5.11 Å². The summed E-state index contributed by atoms with van der Waals surface area (Å²) in [5.74, 6) is 1.31.